The molecule has 6 heteroatoms. The van der Waals surface area contributed by atoms with Crippen molar-refractivity contribution in [2.45, 2.75) is 34.1 Å². The molecule has 26 heavy (non-hydrogen) atoms. The van der Waals surface area contributed by atoms with E-state index < -0.39 is 11.4 Å². The number of hydrogen-bond acceptors (Lipinski definition) is 6. The molecule has 0 aliphatic carbocycles. The van der Waals surface area contributed by atoms with E-state index in [4.69, 9.17) is 18.9 Å². The molecule has 0 aliphatic rings. The summed E-state index contributed by atoms with van der Waals surface area (Å²) in [6.07, 6.45) is 3.63. The molecule has 0 spiro atoms. The second-order valence-electron chi connectivity index (χ2n) is 6.45. The van der Waals surface area contributed by atoms with Crippen LogP contribution in [0.1, 0.15) is 38.3 Å². The molecule has 0 amide bonds. The summed E-state index contributed by atoms with van der Waals surface area (Å²) in [6, 6.07) is 3.64. The Labute approximate surface area is 155 Å². The van der Waals surface area contributed by atoms with E-state index in [-0.39, 0.29) is 19.2 Å². The summed E-state index contributed by atoms with van der Waals surface area (Å²) in [5.74, 6) is 0.436. The van der Waals surface area contributed by atoms with Gasteiger partial charge in [-0.2, -0.15) is 0 Å². The van der Waals surface area contributed by atoms with E-state index in [0.29, 0.717) is 17.9 Å². The van der Waals surface area contributed by atoms with E-state index in [2.05, 4.69) is 0 Å². The molecule has 0 fully saturated rings. The van der Waals surface area contributed by atoms with Crippen LogP contribution in [0.2, 0.25) is 0 Å². The minimum Gasteiger partial charge on any atom is -0.493 e. The van der Waals surface area contributed by atoms with Crippen LogP contribution >= 0.6 is 0 Å². The summed E-state index contributed by atoms with van der Waals surface area (Å²) in [6.45, 7) is 7.49. The smallest absolute Gasteiger partial charge is 0.330 e. The second-order valence-corrected chi connectivity index (χ2v) is 6.45. The molecule has 0 N–H and O–H groups in total. The average molecular weight is 364 g/mol. The van der Waals surface area contributed by atoms with Crippen LogP contribution in [0, 0.1) is 12.3 Å². The molecule has 0 saturated heterocycles. The highest BCUT2D eigenvalue weighted by atomic mass is 16.6. The number of carbonyl (C=O) groups is 2. The number of esters is 2. The first-order valence-electron chi connectivity index (χ1n) is 8.49. The van der Waals surface area contributed by atoms with Crippen LogP contribution in [0.25, 0.3) is 6.08 Å². The van der Waals surface area contributed by atoms with Gasteiger partial charge in [0.25, 0.3) is 0 Å². The molecule has 1 aromatic rings. The summed E-state index contributed by atoms with van der Waals surface area (Å²) < 4.78 is 20.7. The fourth-order valence-corrected chi connectivity index (χ4v) is 2.11. The normalized spacial score (nSPS) is 11.3. The van der Waals surface area contributed by atoms with Crippen LogP contribution in [0.15, 0.2) is 18.2 Å². The Morgan fingerprint density at radius 2 is 1.73 bits per heavy atom. The molecule has 1 rings (SSSR count). The van der Waals surface area contributed by atoms with E-state index in [1.54, 1.807) is 26.4 Å². The Kier molecular flexibility index (Phi) is 8.16. The lowest BCUT2D eigenvalue weighted by atomic mass is 9.91. The number of ether oxygens (including phenoxy) is 4. The SMILES string of the molecule is CCC(C)(C)C(=O)OCCOC(=O)/C=C/c1cc(C)c(OC)c(OC)c1. The Bertz CT molecular complexity index is 661. The Morgan fingerprint density at radius 1 is 1.08 bits per heavy atom. The van der Waals surface area contributed by atoms with E-state index in [9.17, 15) is 9.59 Å². The molecule has 144 valence electrons. The van der Waals surface area contributed by atoms with Crippen LogP contribution in [-0.2, 0) is 19.1 Å². The van der Waals surface area contributed by atoms with E-state index in [1.807, 2.05) is 33.8 Å². The maximum atomic E-state index is 11.8. The first-order chi connectivity index (χ1) is 12.2. The van der Waals surface area contributed by atoms with Crippen molar-refractivity contribution >= 4 is 18.0 Å². The molecule has 0 saturated carbocycles. The van der Waals surface area contributed by atoms with Crippen molar-refractivity contribution < 1.29 is 28.5 Å². The third-order valence-electron chi connectivity index (χ3n) is 4.10. The van der Waals surface area contributed by atoms with Gasteiger partial charge in [-0.25, -0.2) is 4.79 Å². The van der Waals surface area contributed by atoms with Crippen molar-refractivity contribution in [3.05, 3.63) is 29.3 Å². The maximum absolute atomic E-state index is 11.8. The molecule has 0 aliphatic heterocycles. The van der Waals surface area contributed by atoms with Crippen molar-refractivity contribution in [2.75, 3.05) is 27.4 Å². The van der Waals surface area contributed by atoms with Crippen molar-refractivity contribution in [3.63, 3.8) is 0 Å². The fourth-order valence-electron chi connectivity index (χ4n) is 2.11. The Hall–Kier alpha value is -2.50. The van der Waals surface area contributed by atoms with Gasteiger partial charge in [0.2, 0.25) is 0 Å². The summed E-state index contributed by atoms with van der Waals surface area (Å²) in [7, 11) is 3.13. The fraction of sp³-hybridized carbons (Fsp3) is 0.500. The molecule has 0 radical (unpaired) electrons. The molecular formula is C20H28O6. The van der Waals surface area contributed by atoms with Crippen LogP contribution in [0.5, 0.6) is 11.5 Å². The molecule has 0 aromatic heterocycles. The van der Waals surface area contributed by atoms with Crippen LogP contribution in [0.3, 0.4) is 0 Å². The first-order valence-corrected chi connectivity index (χ1v) is 8.49. The van der Waals surface area contributed by atoms with Gasteiger partial charge in [-0.05, 0) is 56.5 Å². The maximum Gasteiger partial charge on any atom is 0.330 e. The zero-order valence-corrected chi connectivity index (χ0v) is 16.4. The Balaban J connectivity index is 2.53. The zero-order valence-electron chi connectivity index (χ0n) is 16.4. The minimum absolute atomic E-state index is 0.0136. The summed E-state index contributed by atoms with van der Waals surface area (Å²) >= 11 is 0. The minimum atomic E-state index is -0.533. The first kappa shape index (κ1) is 21.5. The average Bonchev–Trinajstić information content (AvgIpc) is 2.62. The van der Waals surface area contributed by atoms with Gasteiger partial charge in [0, 0.05) is 6.08 Å². The number of hydrogen-bond donors (Lipinski definition) is 0. The number of carbonyl (C=O) groups excluding carboxylic acids is 2. The monoisotopic (exact) mass is 364 g/mol. The van der Waals surface area contributed by atoms with Crippen molar-refractivity contribution in [2.24, 2.45) is 5.41 Å². The molecule has 6 nitrogen and oxygen atoms in total. The molecular weight excluding hydrogens is 336 g/mol. The van der Waals surface area contributed by atoms with E-state index in [1.165, 1.54) is 6.08 Å². The summed E-state index contributed by atoms with van der Waals surface area (Å²) in [4.78, 5) is 23.6. The van der Waals surface area contributed by atoms with Crippen molar-refractivity contribution in [1.29, 1.82) is 0 Å². The second kappa shape index (κ2) is 9.85. The topological polar surface area (TPSA) is 71.1 Å². The molecule has 0 heterocycles. The highest BCUT2D eigenvalue weighted by Gasteiger charge is 2.26. The highest BCUT2D eigenvalue weighted by Crippen LogP contribution is 2.32. The molecule has 0 unspecified atom stereocenters. The van der Waals surface area contributed by atoms with E-state index in [0.717, 1.165) is 11.1 Å². The highest BCUT2D eigenvalue weighted by molar-refractivity contribution is 5.87. The number of rotatable bonds is 9. The van der Waals surface area contributed by atoms with Crippen molar-refractivity contribution in [1.82, 2.24) is 0 Å². The summed E-state index contributed by atoms with van der Waals surface area (Å²) in [5.41, 5.74) is 1.15. The predicted molar refractivity (Wildman–Crippen MR) is 99.3 cm³/mol. The molecule has 0 atom stereocenters. The van der Waals surface area contributed by atoms with Gasteiger partial charge in [0.1, 0.15) is 13.2 Å². The van der Waals surface area contributed by atoms with Crippen LogP contribution in [-0.4, -0.2) is 39.4 Å². The van der Waals surface area contributed by atoms with Gasteiger partial charge >= 0.3 is 11.9 Å². The van der Waals surface area contributed by atoms with Gasteiger partial charge in [-0.1, -0.05) is 6.92 Å². The third-order valence-corrected chi connectivity index (χ3v) is 4.10. The lowest BCUT2D eigenvalue weighted by Crippen LogP contribution is -2.27. The number of benzene rings is 1. The number of aryl methyl sites for hydroxylation is 1. The largest absolute Gasteiger partial charge is 0.493 e. The lowest BCUT2D eigenvalue weighted by Gasteiger charge is -2.20. The summed E-state index contributed by atoms with van der Waals surface area (Å²) in [5, 5.41) is 0. The van der Waals surface area contributed by atoms with E-state index >= 15 is 0 Å². The van der Waals surface area contributed by atoms with Gasteiger partial charge in [0.05, 0.1) is 19.6 Å². The Morgan fingerprint density at radius 3 is 2.31 bits per heavy atom. The number of methoxy groups -OCH3 is 2. The van der Waals surface area contributed by atoms with Gasteiger partial charge < -0.3 is 18.9 Å². The quantitative estimate of drug-likeness (QED) is 0.379. The van der Waals surface area contributed by atoms with Gasteiger partial charge in [-0.15, -0.1) is 0 Å². The van der Waals surface area contributed by atoms with Crippen LogP contribution in [0.4, 0.5) is 0 Å². The predicted octanol–water partition coefficient (Wildman–Crippen LogP) is 3.55. The molecule has 0 bridgehead atoms. The lowest BCUT2D eigenvalue weighted by molar-refractivity contribution is -0.157. The van der Waals surface area contributed by atoms with Crippen molar-refractivity contribution in [3.8, 4) is 11.5 Å². The third kappa shape index (κ3) is 6.10. The molecule has 1 aromatic carbocycles. The standard InChI is InChI=1S/C20H28O6/c1-7-20(3,4)19(22)26-11-10-25-17(21)9-8-15-12-14(2)18(24-6)16(13-15)23-5/h8-9,12-13H,7,10-11H2,1-6H3/b9-8+. The van der Waals surface area contributed by atoms with Gasteiger partial charge in [0.15, 0.2) is 11.5 Å². The zero-order chi connectivity index (χ0) is 19.7. The van der Waals surface area contributed by atoms with Crippen LogP contribution < -0.4 is 9.47 Å². The van der Waals surface area contributed by atoms with Gasteiger partial charge in [-0.3, -0.25) is 4.79 Å².